The van der Waals surface area contributed by atoms with Crippen LogP contribution in [0.5, 0.6) is 0 Å². The Labute approximate surface area is 204 Å². The van der Waals surface area contributed by atoms with Crippen molar-refractivity contribution in [1.29, 1.82) is 0 Å². The molecule has 0 aliphatic heterocycles. The second kappa shape index (κ2) is 28.3. The Morgan fingerprint density at radius 3 is 1.06 bits per heavy atom. The van der Waals surface area contributed by atoms with Crippen molar-refractivity contribution in [2.24, 2.45) is 5.92 Å². The number of hydrogen-bond donors (Lipinski definition) is 1. The van der Waals surface area contributed by atoms with Gasteiger partial charge in [0.05, 0.1) is 106 Å². The lowest BCUT2D eigenvalue weighted by molar-refractivity contribution is -0.142. The molecule has 204 valence electrons. The van der Waals surface area contributed by atoms with E-state index in [2.05, 4.69) is 13.8 Å². The molecule has 1 atom stereocenters. The summed E-state index contributed by atoms with van der Waals surface area (Å²) in [6.45, 7) is 12.6. The van der Waals surface area contributed by atoms with Crippen LogP contribution in [0.2, 0.25) is 0 Å². The molecule has 0 aromatic heterocycles. The fourth-order valence-corrected chi connectivity index (χ4v) is 2.22. The standard InChI is InChI=1S/C23H46O11/c1-3-22(2)20-33-18-16-31-14-12-29-10-8-27-6-4-26-5-7-28-9-11-30-13-15-32-17-19-34-21-23(24)25/h22H,3-21H2,1-2H3,(H,24,25). The average Bonchev–Trinajstić information content (AvgIpc) is 2.83. The third-order valence-corrected chi connectivity index (χ3v) is 4.30. The molecule has 0 bridgehead atoms. The second-order valence-corrected chi connectivity index (χ2v) is 7.32. The van der Waals surface area contributed by atoms with E-state index in [0.29, 0.717) is 105 Å². The fraction of sp³-hybridized carbons (Fsp3) is 0.957. The normalized spacial score (nSPS) is 12.3. The highest BCUT2D eigenvalue weighted by Gasteiger charge is 1.99. The quantitative estimate of drug-likeness (QED) is 0.150. The van der Waals surface area contributed by atoms with Gasteiger partial charge in [-0.2, -0.15) is 0 Å². The van der Waals surface area contributed by atoms with Crippen molar-refractivity contribution in [1.82, 2.24) is 0 Å². The van der Waals surface area contributed by atoms with Crippen LogP contribution in [0.4, 0.5) is 0 Å². The minimum Gasteiger partial charge on any atom is -0.480 e. The van der Waals surface area contributed by atoms with Crippen LogP contribution < -0.4 is 0 Å². The van der Waals surface area contributed by atoms with Crippen LogP contribution in [0.1, 0.15) is 20.3 Å². The smallest absolute Gasteiger partial charge is 0.329 e. The van der Waals surface area contributed by atoms with Gasteiger partial charge in [-0.1, -0.05) is 20.3 Å². The number of carboxylic acids is 1. The van der Waals surface area contributed by atoms with Gasteiger partial charge in [-0.3, -0.25) is 0 Å². The third-order valence-electron chi connectivity index (χ3n) is 4.30. The molecule has 0 saturated carbocycles. The molecule has 0 rings (SSSR count). The summed E-state index contributed by atoms with van der Waals surface area (Å²) in [5.41, 5.74) is 0. The van der Waals surface area contributed by atoms with Gasteiger partial charge < -0.3 is 47.7 Å². The molecule has 0 aliphatic rings. The molecule has 0 heterocycles. The van der Waals surface area contributed by atoms with Gasteiger partial charge in [-0.15, -0.1) is 0 Å². The van der Waals surface area contributed by atoms with Gasteiger partial charge in [-0.25, -0.2) is 4.79 Å². The van der Waals surface area contributed by atoms with Crippen LogP contribution in [0.15, 0.2) is 0 Å². The molecule has 1 unspecified atom stereocenters. The highest BCUT2D eigenvalue weighted by atomic mass is 16.6. The number of hydrogen-bond acceptors (Lipinski definition) is 10. The number of ether oxygens (including phenoxy) is 9. The summed E-state index contributed by atoms with van der Waals surface area (Å²) in [5.74, 6) is -0.395. The summed E-state index contributed by atoms with van der Waals surface area (Å²) in [7, 11) is 0. The van der Waals surface area contributed by atoms with Crippen molar-refractivity contribution in [3.8, 4) is 0 Å². The van der Waals surface area contributed by atoms with Crippen LogP contribution in [0, 0.1) is 5.92 Å². The van der Waals surface area contributed by atoms with Crippen molar-refractivity contribution in [3.63, 3.8) is 0 Å². The Morgan fingerprint density at radius 2 is 0.794 bits per heavy atom. The van der Waals surface area contributed by atoms with Gasteiger partial charge in [0.1, 0.15) is 6.61 Å². The summed E-state index contributed by atoms with van der Waals surface area (Å²) in [6, 6.07) is 0. The Bertz CT molecular complexity index is 412. The van der Waals surface area contributed by atoms with E-state index in [0.717, 1.165) is 13.0 Å². The highest BCUT2D eigenvalue weighted by Crippen LogP contribution is 1.99. The predicted molar refractivity (Wildman–Crippen MR) is 124 cm³/mol. The number of carbonyl (C=O) groups is 1. The molecule has 0 saturated heterocycles. The lowest BCUT2D eigenvalue weighted by atomic mass is 10.1. The van der Waals surface area contributed by atoms with E-state index in [1.54, 1.807) is 0 Å². The van der Waals surface area contributed by atoms with E-state index >= 15 is 0 Å². The summed E-state index contributed by atoms with van der Waals surface area (Å²) in [5, 5.41) is 8.39. The van der Waals surface area contributed by atoms with Crippen LogP contribution in [-0.2, 0) is 47.4 Å². The van der Waals surface area contributed by atoms with Crippen molar-refractivity contribution in [3.05, 3.63) is 0 Å². The van der Waals surface area contributed by atoms with Crippen LogP contribution in [0.3, 0.4) is 0 Å². The second-order valence-electron chi connectivity index (χ2n) is 7.32. The molecular weight excluding hydrogens is 452 g/mol. The van der Waals surface area contributed by atoms with E-state index in [4.69, 9.17) is 47.7 Å². The largest absolute Gasteiger partial charge is 0.480 e. The molecule has 11 nitrogen and oxygen atoms in total. The van der Waals surface area contributed by atoms with Crippen molar-refractivity contribution < 1.29 is 52.5 Å². The Kier molecular flexibility index (Phi) is 27.6. The van der Waals surface area contributed by atoms with E-state index in [9.17, 15) is 4.79 Å². The molecule has 0 aliphatic carbocycles. The van der Waals surface area contributed by atoms with Gasteiger partial charge in [0.15, 0.2) is 0 Å². The van der Waals surface area contributed by atoms with Gasteiger partial charge in [0.2, 0.25) is 0 Å². The van der Waals surface area contributed by atoms with Gasteiger partial charge >= 0.3 is 5.97 Å². The minimum absolute atomic E-state index is 0.249. The Hall–Kier alpha value is -0.890. The van der Waals surface area contributed by atoms with Crippen molar-refractivity contribution >= 4 is 5.97 Å². The van der Waals surface area contributed by atoms with Gasteiger partial charge in [-0.05, 0) is 5.92 Å². The molecule has 0 radical (unpaired) electrons. The first-order chi connectivity index (χ1) is 16.7. The molecule has 34 heavy (non-hydrogen) atoms. The van der Waals surface area contributed by atoms with Crippen LogP contribution >= 0.6 is 0 Å². The third kappa shape index (κ3) is 29.1. The van der Waals surface area contributed by atoms with Gasteiger partial charge in [0, 0.05) is 6.61 Å². The topological polar surface area (TPSA) is 120 Å². The average molecular weight is 499 g/mol. The molecule has 0 amide bonds. The zero-order valence-electron chi connectivity index (χ0n) is 21.0. The number of rotatable bonds is 29. The molecule has 0 fully saturated rings. The SMILES string of the molecule is CCC(C)COCCOCCOCCOCCOCCOCCOCCOCCOCC(=O)O. The monoisotopic (exact) mass is 498 g/mol. The van der Waals surface area contributed by atoms with E-state index < -0.39 is 5.97 Å². The molecule has 11 heteroatoms. The van der Waals surface area contributed by atoms with Crippen LogP contribution in [-0.4, -0.2) is 130 Å². The molecule has 1 N–H and O–H groups in total. The maximum atomic E-state index is 10.2. The molecule has 0 spiro atoms. The van der Waals surface area contributed by atoms with E-state index in [1.165, 1.54) is 0 Å². The van der Waals surface area contributed by atoms with Gasteiger partial charge in [0.25, 0.3) is 0 Å². The highest BCUT2D eigenvalue weighted by molar-refractivity contribution is 5.67. The first kappa shape index (κ1) is 33.1. The van der Waals surface area contributed by atoms with E-state index in [-0.39, 0.29) is 13.2 Å². The summed E-state index contributed by atoms with van der Waals surface area (Å²) in [4.78, 5) is 10.2. The molecule has 0 aromatic carbocycles. The minimum atomic E-state index is -0.991. The van der Waals surface area contributed by atoms with Crippen molar-refractivity contribution in [2.45, 2.75) is 20.3 Å². The number of carboxylic acid groups (broad SMARTS) is 1. The molecular formula is C23H46O11. The predicted octanol–water partition coefficient (Wildman–Crippen LogP) is 1.27. The zero-order valence-corrected chi connectivity index (χ0v) is 21.0. The first-order valence-corrected chi connectivity index (χ1v) is 12.1. The summed E-state index contributed by atoms with van der Waals surface area (Å²) < 4.78 is 48.1. The van der Waals surface area contributed by atoms with Crippen molar-refractivity contribution in [2.75, 3.05) is 119 Å². The zero-order chi connectivity index (χ0) is 25.0. The maximum absolute atomic E-state index is 10.2. The lowest BCUT2D eigenvalue weighted by Gasteiger charge is -2.10. The first-order valence-electron chi connectivity index (χ1n) is 12.1. The Morgan fingerprint density at radius 1 is 0.529 bits per heavy atom. The molecule has 0 aromatic rings. The maximum Gasteiger partial charge on any atom is 0.329 e. The Balaban J connectivity index is 3.03. The summed E-state index contributed by atoms with van der Waals surface area (Å²) in [6.07, 6.45) is 1.13. The lowest BCUT2D eigenvalue weighted by Crippen LogP contribution is -2.15. The number of aliphatic carboxylic acids is 1. The van der Waals surface area contributed by atoms with E-state index in [1.807, 2.05) is 0 Å². The fourth-order valence-electron chi connectivity index (χ4n) is 2.22. The summed E-state index contributed by atoms with van der Waals surface area (Å²) >= 11 is 0. The van der Waals surface area contributed by atoms with Crippen LogP contribution in [0.25, 0.3) is 0 Å².